The van der Waals surface area contributed by atoms with Gasteiger partial charge in [-0.05, 0) is 13.8 Å². The maximum Gasteiger partial charge on any atom is 0.418 e. The molecule has 9 nitrogen and oxygen atoms in total. The van der Waals surface area contributed by atoms with Gasteiger partial charge in [0.1, 0.15) is 5.69 Å². The lowest BCUT2D eigenvalue weighted by Crippen LogP contribution is -2.25. The minimum atomic E-state index is -5.04. The van der Waals surface area contributed by atoms with Crippen LogP contribution in [-0.4, -0.2) is 22.9 Å². The van der Waals surface area contributed by atoms with Gasteiger partial charge in [0.25, 0.3) is 5.69 Å². The molecule has 0 aliphatic rings. The fraction of sp³-hybridized carbons (Fsp3) is 0.455. The van der Waals surface area contributed by atoms with Gasteiger partial charge in [-0.3, -0.25) is 20.2 Å². The van der Waals surface area contributed by atoms with Crippen molar-refractivity contribution in [2.24, 2.45) is 0 Å². The van der Waals surface area contributed by atoms with Crippen molar-refractivity contribution in [3.63, 3.8) is 0 Å². The van der Waals surface area contributed by atoms with Crippen LogP contribution in [0.5, 0.6) is 0 Å². The number of nitrogen functional groups attached to an aromatic ring is 1. The summed E-state index contributed by atoms with van der Waals surface area (Å²) in [5.41, 5.74) is -0.0851. The number of nitrogens with two attached hydrogens (primary N) is 1. The molecule has 130 valence electrons. The summed E-state index contributed by atoms with van der Waals surface area (Å²) in [6.07, 6.45) is -5.04. The molecule has 0 saturated heterocycles. The highest BCUT2D eigenvalue weighted by Crippen LogP contribution is 2.48. The lowest BCUT2D eigenvalue weighted by molar-refractivity contribution is -0.392. The van der Waals surface area contributed by atoms with Crippen LogP contribution in [0, 0.1) is 20.2 Å². The van der Waals surface area contributed by atoms with Gasteiger partial charge < -0.3 is 16.8 Å². The Hall–Kier alpha value is -2.63. The molecule has 0 radical (unpaired) electrons. The molecule has 0 aromatic heterocycles. The van der Waals surface area contributed by atoms with Crippen molar-refractivity contribution >= 4 is 22.7 Å². The zero-order valence-electron chi connectivity index (χ0n) is 12.4. The van der Waals surface area contributed by atoms with E-state index < -0.39 is 44.3 Å². The second-order valence-electron chi connectivity index (χ2n) is 4.24. The van der Waals surface area contributed by atoms with Gasteiger partial charge in [0.2, 0.25) is 0 Å². The van der Waals surface area contributed by atoms with Crippen molar-refractivity contribution in [1.82, 2.24) is 6.15 Å². The lowest BCUT2D eigenvalue weighted by atomic mass is 10.1. The number of hydrogen-bond acceptors (Lipinski definition) is 7. The van der Waals surface area contributed by atoms with Gasteiger partial charge >= 0.3 is 11.9 Å². The highest BCUT2D eigenvalue weighted by molar-refractivity contribution is 5.86. The average molecular weight is 339 g/mol. The smallest absolute Gasteiger partial charge is 0.393 e. The van der Waals surface area contributed by atoms with Crippen LogP contribution in [0.15, 0.2) is 6.07 Å². The van der Waals surface area contributed by atoms with Gasteiger partial charge in [0, 0.05) is 19.2 Å². The molecular formula is C11H16F3N5O4. The van der Waals surface area contributed by atoms with Crippen LogP contribution >= 0.6 is 0 Å². The second kappa shape index (κ2) is 7.09. The Labute approximate surface area is 128 Å². The molecule has 23 heavy (non-hydrogen) atoms. The molecule has 5 N–H and O–H groups in total. The molecule has 1 aromatic carbocycles. The van der Waals surface area contributed by atoms with E-state index in [1.54, 1.807) is 13.8 Å². The van der Waals surface area contributed by atoms with Crippen LogP contribution in [0.2, 0.25) is 0 Å². The van der Waals surface area contributed by atoms with E-state index in [4.69, 9.17) is 5.73 Å². The van der Waals surface area contributed by atoms with Crippen molar-refractivity contribution in [1.29, 1.82) is 0 Å². The van der Waals surface area contributed by atoms with Crippen LogP contribution in [0.1, 0.15) is 19.4 Å². The number of anilines is 2. The first kappa shape index (κ1) is 20.4. The predicted octanol–water partition coefficient (Wildman–Crippen LogP) is 3.11. The molecule has 0 aliphatic carbocycles. The molecule has 0 saturated carbocycles. The van der Waals surface area contributed by atoms with Gasteiger partial charge in [-0.25, -0.2) is 0 Å². The monoisotopic (exact) mass is 339 g/mol. The maximum absolute atomic E-state index is 12.9. The largest absolute Gasteiger partial charge is 0.418 e. The van der Waals surface area contributed by atoms with Gasteiger partial charge in [0.05, 0.1) is 15.4 Å². The third kappa shape index (κ3) is 3.77. The minimum absolute atomic E-state index is 0. The third-order valence-corrected chi connectivity index (χ3v) is 3.06. The van der Waals surface area contributed by atoms with Crippen molar-refractivity contribution in [2.75, 3.05) is 23.7 Å². The molecule has 1 rings (SSSR count). The van der Waals surface area contributed by atoms with E-state index in [-0.39, 0.29) is 25.3 Å². The molecule has 0 aliphatic heterocycles. The molecular weight excluding hydrogens is 323 g/mol. The van der Waals surface area contributed by atoms with Crippen LogP contribution in [-0.2, 0) is 6.18 Å². The number of nitrogens with zero attached hydrogens (tertiary/aromatic N) is 3. The molecule has 0 fully saturated rings. The Balaban J connectivity index is 0.00000484. The number of nitro benzene ring substituents is 2. The zero-order valence-corrected chi connectivity index (χ0v) is 12.4. The highest BCUT2D eigenvalue weighted by atomic mass is 19.4. The number of nitro groups is 2. The van der Waals surface area contributed by atoms with Crippen LogP contribution in [0.4, 0.5) is 35.9 Å². The van der Waals surface area contributed by atoms with Crippen LogP contribution in [0.3, 0.4) is 0 Å². The van der Waals surface area contributed by atoms with Gasteiger partial charge in [-0.15, -0.1) is 0 Å². The summed E-state index contributed by atoms with van der Waals surface area (Å²) in [5, 5.41) is 22.2. The summed E-state index contributed by atoms with van der Waals surface area (Å²) < 4.78 is 38.7. The summed E-state index contributed by atoms with van der Waals surface area (Å²) >= 11 is 0. The number of halogens is 3. The van der Waals surface area contributed by atoms with E-state index in [1.165, 1.54) is 4.90 Å². The molecule has 0 bridgehead atoms. The first-order valence-electron chi connectivity index (χ1n) is 6.13. The fourth-order valence-corrected chi connectivity index (χ4v) is 2.07. The van der Waals surface area contributed by atoms with Crippen LogP contribution in [0.25, 0.3) is 0 Å². The maximum atomic E-state index is 12.9. The summed E-state index contributed by atoms with van der Waals surface area (Å²) in [4.78, 5) is 21.2. The number of rotatable bonds is 5. The topological polar surface area (TPSA) is 151 Å². The van der Waals surface area contributed by atoms with E-state index in [1.807, 2.05) is 0 Å². The van der Waals surface area contributed by atoms with Crippen molar-refractivity contribution in [3.05, 3.63) is 31.9 Å². The van der Waals surface area contributed by atoms with Crippen molar-refractivity contribution in [3.8, 4) is 0 Å². The minimum Gasteiger partial charge on any atom is -0.393 e. The fourth-order valence-electron chi connectivity index (χ4n) is 2.07. The Morgan fingerprint density at radius 3 is 1.96 bits per heavy atom. The zero-order chi connectivity index (χ0) is 17.2. The van der Waals surface area contributed by atoms with Gasteiger partial charge in [-0.2, -0.15) is 13.2 Å². The first-order chi connectivity index (χ1) is 10.1. The molecule has 0 spiro atoms. The van der Waals surface area contributed by atoms with Gasteiger partial charge in [0.15, 0.2) is 5.69 Å². The average Bonchev–Trinajstić information content (AvgIpc) is 2.37. The van der Waals surface area contributed by atoms with Gasteiger partial charge in [-0.1, -0.05) is 0 Å². The normalized spacial score (nSPS) is 10.8. The Morgan fingerprint density at radius 2 is 1.65 bits per heavy atom. The molecule has 1 aromatic rings. The molecule has 0 amide bonds. The molecule has 12 heteroatoms. The van der Waals surface area contributed by atoms with E-state index in [9.17, 15) is 33.4 Å². The second-order valence-corrected chi connectivity index (χ2v) is 4.24. The SMILES string of the molecule is CCN(CC)c1c([N+](=O)[O-])cc(C(F)(F)F)c(N)c1[N+](=O)[O-].N. The Kier molecular flexibility index (Phi) is 6.28. The van der Waals surface area contributed by atoms with E-state index in [0.29, 0.717) is 0 Å². The van der Waals surface area contributed by atoms with Crippen molar-refractivity contribution in [2.45, 2.75) is 20.0 Å². The number of hydrogen-bond donors (Lipinski definition) is 2. The predicted molar refractivity (Wildman–Crippen MR) is 77.7 cm³/mol. The van der Waals surface area contributed by atoms with E-state index in [2.05, 4.69) is 0 Å². The summed E-state index contributed by atoms with van der Waals surface area (Å²) in [7, 11) is 0. The Bertz CT molecular complexity index is 617. The summed E-state index contributed by atoms with van der Waals surface area (Å²) in [5.74, 6) is 0. The Morgan fingerprint density at radius 1 is 1.17 bits per heavy atom. The number of benzene rings is 1. The highest BCUT2D eigenvalue weighted by Gasteiger charge is 2.42. The molecule has 0 atom stereocenters. The van der Waals surface area contributed by atoms with E-state index >= 15 is 0 Å². The third-order valence-electron chi connectivity index (χ3n) is 3.06. The van der Waals surface area contributed by atoms with Crippen molar-refractivity contribution < 1.29 is 23.0 Å². The van der Waals surface area contributed by atoms with Crippen LogP contribution < -0.4 is 16.8 Å². The lowest BCUT2D eigenvalue weighted by Gasteiger charge is -2.22. The molecule has 0 heterocycles. The summed E-state index contributed by atoms with van der Waals surface area (Å²) in [6, 6.07) is 0.232. The first-order valence-corrected chi connectivity index (χ1v) is 6.13. The standard InChI is InChI=1S/C11H13F3N4O4.H3N/c1-3-16(4-2)9-7(17(19)20)5-6(11(12,13)14)8(15)10(9)18(21)22;/h5H,3-4,15H2,1-2H3;1H3. The number of alkyl halides is 3. The summed E-state index contributed by atoms with van der Waals surface area (Å²) in [6.45, 7) is 3.38. The van der Waals surface area contributed by atoms with E-state index in [0.717, 1.165) is 0 Å². The quantitative estimate of drug-likeness (QED) is 0.475. The molecule has 0 unspecified atom stereocenters.